The van der Waals surface area contributed by atoms with Crippen molar-refractivity contribution in [3.63, 3.8) is 0 Å². The molecule has 1 unspecified atom stereocenters. The van der Waals surface area contributed by atoms with Crippen LogP contribution < -0.4 is 5.32 Å². The van der Waals surface area contributed by atoms with Crippen LogP contribution in [0.3, 0.4) is 0 Å². The molecule has 104 valence electrons. The van der Waals surface area contributed by atoms with Gasteiger partial charge in [-0.1, -0.05) is 13.8 Å². The highest BCUT2D eigenvalue weighted by atomic mass is 16.5. The second-order valence-corrected chi connectivity index (χ2v) is 5.20. The molecule has 0 amide bonds. The number of rotatable bonds is 9. The number of aliphatic hydroxyl groups is 2. The van der Waals surface area contributed by atoms with Gasteiger partial charge in [-0.15, -0.1) is 0 Å². The van der Waals surface area contributed by atoms with Gasteiger partial charge < -0.3 is 24.7 Å². The molecule has 5 nitrogen and oxygen atoms in total. The molecule has 0 aliphatic heterocycles. The first-order valence-corrected chi connectivity index (χ1v) is 6.13. The minimum atomic E-state index is -0.561. The van der Waals surface area contributed by atoms with E-state index in [1.165, 1.54) is 0 Å². The summed E-state index contributed by atoms with van der Waals surface area (Å²) in [6, 6.07) is 3.63. The third-order valence-electron chi connectivity index (χ3n) is 2.55. The highest BCUT2D eigenvalue weighted by Gasteiger charge is 2.16. The molecule has 0 spiro atoms. The predicted octanol–water partition coefficient (Wildman–Crippen LogP) is 0.765. The van der Waals surface area contributed by atoms with E-state index in [0.717, 1.165) is 5.76 Å². The second-order valence-electron chi connectivity index (χ2n) is 5.20. The lowest BCUT2D eigenvalue weighted by atomic mass is 9.95. The lowest BCUT2D eigenvalue weighted by Gasteiger charge is -2.23. The molecule has 0 saturated heterocycles. The minimum Gasteiger partial charge on any atom is -0.467 e. The monoisotopic (exact) mass is 257 g/mol. The highest BCUT2D eigenvalue weighted by molar-refractivity contribution is 4.96. The maximum atomic E-state index is 9.67. The molecular formula is C13H23NO4. The lowest BCUT2D eigenvalue weighted by Crippen LogP contribution is -2.38. The van der Waals surface area contributed by atoms with Crippen LogP contribution in [0.1, 0.15) is 19.6 Å². The Kier molecular flexibility index (Phi) is 6.35. The van der Waals surface area contributed by atoms with Gasteiger partial charge in [0.25, 0.3) is 0 Å². The van der Waals surface area contributed by atoms with Crippen LogP contribution in [0.15, 0.2) is 22.8 Å². The van der Waals surface area contributed by atoms with Gasteiger partial charge in [-0.25, -0.2) is 0 Å². The molecule has 0 aliphatic carbocycles. The Balaban J connectivity index is 2.05. The summed E-state index contributed by atoms with van der Waals surface area (Å²) in [6.07, 6.45) is 1.03. The summed E-state index contributed by atoms with van der Waals surface area (Å²) in [5.74, 6) is 0.747. The second kappa shape index (κ2) is 7.53. The largest absolute Gasteiger partial charge is 0.467 e. The van der Waals surface area contributed by atoms with Crippen molar-refractivity contribution in [2.75, 3.05) is 26.3 Å². The number of furan rings is 1. The molecule has 5 heteroatoms. The quantitative estimate of drug-likeness (QED) is 0.609. The van der Waals surface area contributed by atoms with E-state index >= 15 is 0 Å². The molecule has 0 saturated carbocycles. The Morgan fingerprint density at radius 2 is 2.28 bits per heavy atom. The average Bonchev–Trinajstić information content (AvgIpc) is 2.82. The molecule has 0 radical (unpaired) electrons. The number of nitrogens with one attached hydrogen (secondary N) is 1. The van der Waals surface area contributed by atoms with Crippen LogP contribution in [0.2, 0.25) is 0 Å². The van der Waals surface area contributed by atoms with Gasteiger partial charge in [-0.3, -0.25) is 0 Å². The van der Waals surface area contributed by atoms with Crippen molar-refractivity contribution in [2.24, 2.45) is 5.41 Å². The van der Waals surface area contributed by atoms with E-state index in [0.29, 0.717) is 19.7 Å². The summed E-state index contributed by atoms with van der Waals surface area (Å²) in [7, 11) is 0. The zero-order valence-corrected chi connectivity index (χ0v) is 11.1. The van der Waals surface area contributed by atoms with Gasteiger partial charge in [0.05, 0.1) is 19.0 Å². The van der Waals surface area contributed by atoms with E-state index in [9.17, 15) is 5.11 Å². The van der Waals surface area contributed by atoms with E-state index in [4.69, 9.17) is 14.3 Å². The van der Waals surface area contributed by atoms with Crippen LogP contribution in [-0.2, 0) is 11.3 Å². The van der Waals surface area contributed by atoms with E-state index in [2.05, 4.69) is 5.32 Å². The van der Waals surface area contributed by atoms with Gasteiger partial charge in [0, 0.05) is 25.1 Å². The number of hydrogen-bond donors (Lipinski definition) is 3. The van der Waals surface area contributed by atoms with Crippen molar-refractivity contribution in [2.45, 2.75) is 26.6 Å². The van der Waals surface area contributed by atoms with Crippen LogP contribution in [0.25, 0.3) is 0 Å². The van der Waals surface area contributed by atoms with Crippen LogP contribution in [0.5, 0.6) is 0 Å². The van der Waals surface area contributed by atoms with Crippen molar-refractivity contribution in [3.8, 4) is 0 Å². The van der Waals surface area contributed by atoms with Gasteiger partial charge in [0.1, 0.15) is 12.4 Å². The molecule has 1 aromatic heterocycles. The number of hydrogen-bond acceptors (Lipinski definition) is 5. The summed E-state index contributed by atoms with van der Waals surface area (Å²) in [5.41, 5.74) is -0.172. The van der Waals surface area contributed by atoms with Crippen LogP contribution in [0, 0.1) is 5.41 Å². The van der Waals surface area contributed by atoms with Gasteiger partial charge in [-0.05, 0) is 12.1 Å². The Hall–Kier alpha value is -0.880. The fourth-order valence-electron chi connectivity index (χ4n) is 1.38. The molecule has 18 heavy (non-hydrogen) atoms. The molecule has 0 aromatic carbocycles. The van der Waals surface area contributed by atoms with Crippen molar-refractivity contribution in [1.29, 1.82) is 0 Å². The van der Waals surface area contributed by atoms with Gasteiger partial charge in [-0.2, -0.15) is 0 Å². The smallest absolute Gasteiger partial charge is 0.129 e. The van der Waals surface area contributed by atoms with Crippen molar-refractivity contribution in [1.82, 2.24) is 5.32 Å². The molecule has 1 atom stereocenters. The zero-order valence-electron chi connectivity index (χ0n) is 11.1. The Bertz CT molecular complexity index is 311. The molecule has 3 N–H and O–H groups in total. The van der Waals surface area contributed by atoms with Crippen LogP contribution >= 0.6 is 0 Å². The minimum absolute atomic E-state index is 0.116. The van der Waals surface area contributed by atoms with E-state index in [-0.39, 0.29) is 18.6 Å². The van der Waals surface area contributed by atoms with E-state index in [1.807, 2.05) is 19.9 Å². The van der Waals surface area contributed by atoms with E-state index < -0.39 is 6.10 Å². The van der Waals surface area contributed by atoms with Crippen LogP contribution in [-0.4, -0.2) is 42.6 Å². The SMILES string of the molecule is CC(C)(CO)CNCC(O)COCc1ccco1. The molecule has 1 heterocycles. The molecule has 1 rings (SSSR count). The van der Waals surface area contributed by atoms with E-state index in [1.54, 1.807) is 12.3 Å². The van der Waals surface area contributed by atoms with Crippen molar-refractivity contribution in [3.05, 3.63) is 24.2 Å². The summed E-state index contributed by atoms with van der Waals surface area (Å²) in [4.78, 5) is 0. The summed E-state index contributed by atoms with van der Waals surface area (Å²) < 4.78 is 10.4. The maximum Gasteiger partial charge on any atom is 0.129 e. The first kappa shape index (κ1) is 15.2. The molecule has 0 aliphatic rings. The Labute approximate surface area is 108 Å². The highest BCUT2D eigenvalue weighted by Crippen LogP contribution is 2.10. The normalized spacial score (nSPS) is 13.8. The maximum absolute atomic E-state index is 9.67. The van der Waals surface area contributed by atoms with Crippen molar-refractivity contribution < 1.29 is 19.4 Å². The summed E-state index contributed by atoms with van der Waals surface area (Å²) in [6.45, 7) is 5.75. The first-order chi connectivity index (χ1) is 8.53. The fraction of sp³-hybridized carbons (Fsp3) is 0.692. The summed E-state index contributed by atoms with van der Waals surface area (Å²) in [5, 5.41) is 21.8. The standard InChI is InChI=1S/C13H23NO4/c1-13(2,10-15)9-14-6-11(16)7-17-8-12-4-3-5-18-12/h3-5,11,14-16H,6-10H2,1-2H3. The molecule has 0 bridgehead atoms. The average molecular weight is 257 g/mol. The summed E-state index contributed by atoms with van der Waals surface area (Å²) >= 11 is 0. The topological polar surface area (TPSA) is 74.9 Å². The lowest BCUT2D eigenvalue weighted by molar-refractivity contribution is 0.0211. The third kappa shape index (κ3) is 6.16. The van der Waals surface area contributed by atoms with Crippen molar-refractivity contribution >= 4 is 0 Å². The van der Waals surface area contributed by atoms with Gasteiger partial charge >= 0.3 is 0 Å². The fourth-order valence-corrected chi connectivity index (χ4v) is 1.38. The Morgan fingerprint density at radius 1 is 1.50 bits per heavy atom. The van der Waals surface area contributed by atoms with Gasteiger partial charge in [0.2, 0.25) is 0 Å². The molecule has 1 aromatic rings. The predicted molar refractivity (Wildman–Crippen MR) is 68.1 cm³/mol. The third-order valence-corrected chi connectivity index (χ3v) is 2.55. The van der Waals surface area contributed by atoms with Gasteiger partial charge in [0.15, 0.2) is 0 Å². The number of aliphatic hydroxyl groups excluding tert-OH is 2. The molecular weight excluding hydrogens is 234 g/mol. The zero-order chi connectivity index (χ0) is 13.4. The molecule has 0 fully saturated rings. The Morgan fingerprint density at radius 3 is 2.89 bits per heavy atom. The first-order valence-electron chi connectivity index (χ1n) is 6.13. The number of ether oxygens (including phenoxy) is 1. The van der Waals surface area contributed by atoms with Crippen LogP contribution in [0.4, 0.5) is 0 Å².